The van der Waals surface area contributed by atoms with Gasteiger partial charge < -0.3 is 5.11 Å². The molecule has 1 nitrogen and oxygen atoms in total. The third-order valence-corrected chi connectivity index (χ3v) is 5.41. The van der Waals surface area contributed by atoms with Crippen LogP contribution in [0.5, 0.6) is 0 Å². The average Bonchev–Trinajstić information content (AvgIpc) is 2.81. The van der Waals surface area contributed by atoms with E-state index >= 15 is 0 Å². The van der Waals surface area contributed by atoms with Crippen molar-refractivity contribution in [2.24, 2.45) is 11.8 Å². The van der Waals surface area contributed by atoms with Crippen LogP contribution in [0, 0.1) is 11.8 Å². The van der Waals surface area contributed by atoms with E-state index in [4.69, 9.17) is 0 Å². The molecule has 2 atom stereocenters. The maximum Gasteiger partial charge on any atom is 0.0974 e. The molecule has 2 aromatic rings. The molecule has 1 N–H and O–H groups in total. The van der Waals surface area contributed by atoms with Gasteiger partial charge in [-0.1, -0.05) is 24.6 Å². The van der Waals surface area contributed by atoms with Gasteiger partial charge >= 0.3 is 0 Å². The molecule has 2 aliphatic rings. The highest BCUT2D eigenvalue weighted by atomic mass is 32.1. The topological polar surface area (TPSA) is 20.2 Å². The molecule has 0 amide bonds. The van der Waals surface area contributed by atoms with E-state index in [9.17, 15) is 5.11 Å². The van der Waals surface area contributed by atoms with Crippen molar-refractivity contribution in [1.29, 1.82) is 0 Å². The van der Waals surface area contributed by atoms with Crippen molar-refractivity contribution < 1.29 is 5.11 Å². The van der Waals surface area contributed by atoms with Crippen molar-refractivity contribution in [3.8, 4) is 0 Å². The van der Waals surface area contributed by atoms with Gasteiger partial charge in [0.05, 0.1) is 5.60 Å². The normalized spacial score (nSPS) is 36.6. The molecule has 2 fully saturated rings. The quantitative estimate of drug-likeness (QED) is 0.794. The van der Waals surface area contributed by atoms with Crippen molar-refractivity contribution in [2.75, 3.05) is 0 Å². The summed E-state index contributed by atoms with van der Waals surface area (Å²) in [6.07, 6.45) is 3.73. The number of aliphatic hydroxyl groups is 1. The Bertz CT molecular complexity index is 547. The molecule has 0 radical (unpaired) electrons. The van der Waals surface area contributed by atoms with Crippen LogP contribution in [0.1, 0.15) is 24.8 Å². The monoisotopic (exact) mass is 230 g/mol. The SMILES string of the molecule is OC1(c2csc3ccccc23)C2CCCC21. The molecular formula is C14H14OS. The number of thiophene rings is 1. The molecule has 2 aliphatic carbocycles. The van der Waals surface area contributed by atoms with Crippen molar-refractivity contribution >= 4 is 21.4 Å². The predicted molar refractivity (Wildman–Crippen MR) is 66.6 cm³/mol. The van der Waals surface area contributed by atoms with Gasteiger partial charge in [-0.15, -0.1) is 11.3 Å². The summed E-state index contributed by atoms with van der Waals surface area (Å²) in [5, 5.41) is 14.2. The molecule has 2 saturated carbocycles. The standard InChI is InChI=1S/C14H14OS/c15-14(10-5-3-6-11(10)14)12-8-16-13-7-2-1-4-9(12)13/h1-2,4,7-8,10-11,15H,3,5-6H2. The second kappa shape index (κ2) is 2.88. The summed E-state index contributed by atoms with van der Waals surface area (Å²) in [7, 11) is 0. The van der Waals surface area contributed by atoms with Gasteiger partial charge in [-0.3, -0.25) is 0 Å². The molecular weight excluding hydrogens is 216 g/mol. The van der Waals surface area contributed by atoms with Crippen molar-refractivity contribution in [2.45, 2.75) is 24.9 Å². The summed E-state index contributed by atoms with van der Waals surface area (Å²) >= 11 is 1.76. The molecule has 0 saturated heterocycles. The van der Waals surface area contributed by atoms with Crippen LogP contribution < -0.4 is 0 Å². The Hall–Kier alpha value is -0.860. The van der Waals surface area contributed by atoms with Gasteiger partial charge in [0.25, 0.3) is 0 Å². The van der Waals surface area contributed by atoms with Gasteiger partial charge in [0.1, 0.15) is 0 Å². The van der Waals surface area contributed by atoms with Crippen LogP contribution in [0.25, 0.3) is 10.1 Å². The molecule has 1 aromatic carbocycles. The molecule has 1 aromatic heterocycles. The van der Waals surface area contributed by atoms with Crippen LogP contribution in [0.4, 0.5) is 0 Å². The summed E-state index contributed by atoms with van der Waals surface area (Å²) in [5.41, 5.74) is 0.723. The van der Waals surface area contributed by atoms with Crippen LogP contribution in [-0.2, 0) is 5.60 Å². The highest BCUT2D eigenvalue weighted by molar-refractivity contribution is 7.17. The Balaban J connectivity index is 1.89. The summed E-state index contributed by atoms with van der Waals surface area (Å²) in [4.78, 5) is 0. The molecule has 0 bridgehead atoms. The fraction of sp³-hybridized carbons (Fsp3) is 0.429. The minimum absolute atomic E-state index is 0.474. The highest BCUT2D eigenvalue weighted by Crippen LogP contribution is 2.67. The van der Waals surface area contributed by atoms with Crippen LogP contribution in [0.15, 0.2) is 29.6 Å². The lowest BCUT2D eigenvalue weighted by Crippen LogP contribution is -2.12. The Kier molecular flexibility index (Phi) is 1.65. The summed E-state index contributed by atoms with van der Waals surface area (Å²) < 4.78 is 1.30. The van der Waals surface area contributed by atoms with Crippen molar-refractivity contribution in [3.05, 3.63) is 35.2 Å². The van der Waals surface area contributed by atoms with E-state index in [2.05, 4.69) is 29.6 Å². The fourth-order valence-corrected chi connectivity index (χ4v) is 4.63. The van der Waals surface area contributed by atoms with Crippen molar-refractivity contribution in [1.82, 2.24) is 0 Å². The van der Waals surface area contributed by atoms with Gasteiger partial charge in [0, 0.05) is 10.3 Å². The van der Waals surface area contributed by atoms with Gasteiger partial charge in [-0.05, 0) is 41.5 Å². The second-order valence-electron chi connectivity index (χ2n) is 5.11. The predicted octanol–water partition coefficient (Wildman–Crippen LogP) is 3.52. The Morgan fingerprint density at radius 1 is 1.19 bits per heavy atom. The van der Waals surface area contributed by atoms with Crippen LogP contribution in [0.3, 0.4) is 0 Å². The Morgan fingerprint density at radius 3 is 2.75 bits per heavy atom. The maximum absolute atomic E-state index is 10.8. The lowest BCUT2D eigenvalue weighted by atomic mass is 9.99. The molecule has 2 heteroatoms. The summed E-state index contributed by atoms with van der Waals surface area (Å²) in [5.74, 6) is 1.09. The molecule has 0 aliphatic heterocycles. The fourth-order valence-electron chi connectivity index (χ4n) is 3.61. The van der Waals surface area contributed by atoms with Gasteiger partial charge in [-0.25, -0.2) is 0 Å². The first-order chi connectivity index (χ1) is 7.82. The van der Waals surface area contributed by atoms with E-state index in [0.29, 0.717) is 11.8 Å². The average molecular weight is 230 g/mol. The second-order valence-corrected chi connectivity index (χ2v) is 6.03. The van der Waals surface area contributed by atoms with Crippen molar-refractivity contribution in [3.63, 3.8) is 0 Å². The highest BCUT2D eigenvalue weighted by Gasteiger charge is 2.66. The summed E-state index contributed by atoms with van der Waals surface area (Å²) in [6.45, 7) is 0. The van der Waals surface area contributed by atoms with Gasteiger partial charge in [0.2, 0.25) is 0 Å². The molecule has 2 unspecified atom stereocenters. The Labute approximate surface area is 98.7 Å². The number of benzene rings is 1. The molecule has 1 heterocycles. The Morgan fingerprint density at radius 2 is 1.94 bits per heavy atom. The van der Waals surface area contributed by atoms with E-state index in [1.807, 2.05) is 0 Å². The first-order valence-electron chi connectivity index (χ1n) is 6.01. The zero-order chi connectivity index (χ0) is 10.8. The molecule has 82 valence electrons. The van der Waals surface area contributed by atoms with Gasteiger partial charge in [-0.2, -0.15) is 0 Å². The molecule has 16 heavy (non-hydrogen) atoms. The number of rotatable bonds is 1. The zero-order valence-corrected chi connectivity index (χ0v) is 9.83. The largest absolute Gasteiger partial charge is 0.385 e. The van der Waals surface area contributed by atoms with Gasteiger partial charge in [0.15, 0.2) is 0 Å². The lowest BCUT2D eigenvalue weighted by Gasteiger charge is -2.13. The van der Waals surface area contributed by atoms with E-state index < -0.39 is 5.60 Å². The number of hydrogen-bond acceptors (Lipinski definition) is 2. The lowest BCUT2D eigenvalue weighted by molar-refractivity contribution is 0.107. The smallest absolute Gasteiger partial charge is 0.0974 e. The summed E-state index contributed by atoms with van der Waals surface area (Å²) in [6, 6.07) is 8.43. The third-order valence-electron chi connectivity index (χ3n) is 4.45. The van der Waals surface area contributed by atoms with E-state index in [1.54, 1.807) is 11.3 Å². The zero-order valence-electron chi connectivity index (χ0n) is 9.02. The third kappa shape index (κ3) is 0.950. The first kappa shape index (κ1) is 9.20. The molecule has 0 spiro atoms. The van der Waals surface area contributed by atoms with Crippen LogP contribution >= 0.6 is 11.3 Å². The maximum atomic E-state index is 10.8. The minimum Gasteiger partial charge on any atom is -0.385 e. The first-order valence-corrected chi connectivity index (χ1v) is 6.89. The van der Waals surface area contributed by atoms with Crippen LogP contribution in [-0.4, -0.2) is 5.11 Å². The van der Waals surface area contributed by atoms with E-state index in [1.165, 1.54) is 34.9 Å². The number of hydrogen-bond donors (Lipinski definition) is 1. The van der Waals surface area contributed by atoms with E-state index in [0.717, 1.165) is 0 Å². The van der Waals surface area contributed by atoms with Crippen LogP contribution in [0.2, 0.25) is 0 Å². The minimum atomic E-state index is -0.474. The molecule has 4 rings (SSSR count). The number of fused-ring (bicyclic) bond motifs is 2. The van der Waals surface area contributed by atoms with E-state index in [-0.39, 0.29) is 0 Å².